The first kappa shape index (κ1) is 10.7. The third-order valence-corrected chi connectivity index (χ3v) is 3.13. The molecule has 2 heteroatoms. The van der Waals surface area contributed by atoms with Crippen LogP contribution in [0.4, 0.5) is 0 Å². The molecule has 0 aromatic heterocycles. The van der Waals surface area contributed by atoms with E-state index in [1.807, 2.05) is 7.05 Å². The highest BCUT2D eigenvalue weighted by Gasteiger charge is 2.24. The van der Waals surface area contributed by atoms with Crippen LogP contribution >= 0.6 is 0 Å². The molecule has 0 aliphatic heterocycles. The SMILES string of the molecule is CCCC(NC)C1CCC(=O)CC1. The van der Waals surface area contributed by atoms with E-state index in [9.17, 15) is 4.79 Å². The van der Waals surface area contributed by atoms with E-state index >= 15 is 0 Å². The maximum atomic E-state index is 11.1. The Kier molecular flexibility index (Phi) is 4.43. The van der Waals surface area contributed by atoms with Gasteiger partial charge in [-0.25, -0.2) is 0 Å². The van der Waals surface area contributed by atoms with Crippen LogP contribution in [0.5, 0.6) is 0 Å². The molecule has 2 nitrogen and oxygen atoms in total. The lowest BCUT2D eigenvalue weighted by molar-refractivity contribution is -0.121. The molecule has 1 aliphatic carbocycles. The Morgan fingerprint density at radius 1 is 1.46 bits per heavy atom. The minimum absolute atomic E-state index is 0.461. The summed E-state index contributed by atoms with van der Waals surface area (Å²) >= 11 is 0. The second kappa shape index (κ2) is 5.38. The van der Waals surface area contributed by atoms with Crippen LogP contribution in [0.2, 0.25) is 0 Å². The van der Waals surface area contributed by atoms with Crippen molar-refractivity contribution in [2.75, 3.05) is 7.05 Å². The first-order valence-electron chi connectivity index (χ1n) is 5.47. The topological polar surface area (TPSA) is 29.1 Å². The molecule has 0 spiro atoms. The van der Waals surface area contributed by atoms with Gasteiger partial charge in [0, 0.05) is 18.9 Å². The Morgan fingerprint density at radius 2 is 2.08 bits per heavy atom. The van der Waals surface area contributed by atoms with E-state index in [1.165, 1.54) is 12.8 Å². The van der Waals surface area contributed by atoms with Gasteiger partial charge in [0.2, 0.25) is 0 Å². The second-order valence-corrected chi connectivity index (χ2v) is 4.06. The lowest BCUT2D eigenvalue weighted by atomic mass is 9.82. The molecule has 0 saturated heterocycles. The molecule has 13 heavy (non-hydrogen) atoms. The van der Waals surface area contributed by atoms with Crippen molar-refractivity contribution in [1.29, 1.82) is 0 Å². The van der Waals surface area contributed by atoms with Crippen molar-refractivity contribution in [2.45, 2.75) is 51.5 Å². The number of rotatable bonds is 4. The molecule has 1 fully saturated rings. The fourth-order valence-electron chi connectivity index (χ4n) is 2.29. The number of ketones is 1. The van der Waals surface area contributed by atoms with Crippen LogP contribution in [0, 0.1) is 5.92 Å². The normalized spacial score (nSPS) is 21.8. The zero-order valence-corrected chi connectivity index (χ0v) is 8.81. The van der Waals surface area contributed by atoms with Crippen molar-refractivity contribution in [3.8, 4) is 0 Å². The maximum absolute atomic E-state index is 11.1. The lowest BCUT2D eigenvalue weighted by Crippen LogP contribution is -2.35. The quantitative estimate of drug-likeness (QED) is 0.723. The summed E-state index contributed by atoms with van der Waals surface area (Å²) in [4.78, 5) is 11.1. The predicted molar refractivity (Wildman–Crippen MR) is 54.7 cm³/mol. The molecule has 1 N–H and O–H groups in total. The van der Waals surface area contributed by atoms with Crippen LogP contribution in [-0.4, -0.2) is 18.9 Å². The average molecular weight is 183 g/mol. The molecule has 1 unspecified atom stereocenters. The highest BCUT2D eigenvalue weighted by molar-refractivity contribution is 5.79. The highest BCUT2D eigenvalue weighted by atomic mass is 16.1. The molecule has 0 heterocycles. The number of hydrogen-bond acceptors (Lipinski definition) is 2. The Labute approximate surface area is 81.1 Å². The van der Waals surface area contributed by atoms with Crippen molar-refractivity contribution in [3.63, 3.8) is 0 Å². The van der Waals surface area contributed by atoms with Gasteiger partial charge in [0.25, 0.3) is 0 Å². The summed E-state index contributed by atoms with van der Waals surface area (Å²) in [5.74, 6) is 1.20. The molecule has 0 amide bonds. The molecular formula is C11H21NO. The molecule has 1 saturated carbocycles. The van der Waals surface area contributed by atoms with E-state index in [2.05, 4.69) is 12.2 Å². The van der Waals surface area contributed by atoms with Gasteiger partial charge < -0.3 is 5.32 Å². The molecule has 0 radical (unpaired) electrons. The van der Waals surface area contributed by atoms with Gasteiger partial charge in [-0.3, -0.25) is 4.79 Å². The van der Waals surface area contributed by atoms with Crippen LogP contribution in [0.25, 0.3) is 0 Å². The summed E-state index contributed by atoms with van der Waals surface area (Å²) in [7, 11) is 2.04. The fourth-order valence-corrected chi connectivity index (χ4v) is 2.29. The molecule has 0 aromatic rings. The summed E-state index contributed by atoms with van der Waals surface area (Å²) in [5.41, 5.74) is 0. The van der Waals surface area contributed by atoms with Crippen LogP contribution in [-0.2, 0) is 4.79 Å². The first-order chi connectivity index (χ1) is 6.27. The van der Waals surface area contributed by atoms with Crippen LogP contribution in [0.3, 0.4) is 0 Å². The zero-order valence-electron chi connectivity index (χ0n) is 8.81. The Morgan fingerprint density at radius 3 is 2.54 bits per heavy atom. The summed E-state index contributed by atoms with van der Waals surface area (Å²) < 4.78 is 0. The molecule has 0 bridgehead atoms. The number of Topliss-reactive ketones (excluding diaryl/α,β-unsaturated/α-hetero) is 1. The van der Waals surface area contributed by atoms with E-state index in [-0.39, 0.29) is 0 Å². The van der Waals surface area contributed by atoms with Crippen molar-refractivity contribution in [3.05, 3.63) is 0 Å². The van der Waals surface area contributed by atoms with E-state index < -0.39 is 0 Å². The third kappa shape index (κ3) is 3.11. The third-order valence-electron chi connectivity index (χ3n) is 3.13. The minimum atomic E-state index is 0.461. The minimum Gasteiger partial charge on any atom is -0.317 e. The van der Waals surface area contributed by atoms with Gasteiger partial charge >= 0.3 is 0 Å². The molecule has 0 aromatic carbocycles. The van der Waals surface area contributed by atoms with Crippen molar-refractivity contribution >= 4 is 5.78 Å². The summed E-state index contributed by atoms with van der Waals surface area (Å²) in [5, 5.41) is 3.38. The second-order valence-electron chi connectivity index (χ2n) is 4.06. The summed E-state index contributed by atoms with van der Waals surface area (Å²) in [6, 6.07) is 0.637. The largest absolute Gasteiger partial charge is 0.317 e. The molecule has 1 atom stereocenters. The van der Waals surface area contributed by atoms with E-state index in [1.54, 1.807) is 0 Å². The number of carbonyl (C=O) groups is 1. The van der Waals surface area contributed by atoms with Crippen LogP contribution < -0.4 is 5.32 Å². The number of nitrogens with one attached hydrogen (secondary N) is 1. The number of hydrogen-bond donors (Lipinski definition) is 1. The zero-order chi connectivity index (χ0) is 9.68. The Balaban J connectivity index is 2.36. The molecule has 1 rings (SSSR count). The van der Waals surface area contributed by atoms with Gasteiger partial charge in [-0.1, -0.05) is 13.3 Å². The highest BCUT2D eigenvalue weighted by Crippen LogP contribution is 2.26. The van der Waals surface area contributed by atoms with E-state index in [0.717, 1.165) is 31.6 Å². The first-order valence-corrected chi connectivity index (χ1v) is 5.47. The van der Waals surface area contributed by atoms with Gasteiger partial charge in [0.15, 0.2) is 0 Å². The van der Waals surface area contributed by atoms with Gasteiger partial charge in [0.1, 0.15) is 5.78 Å². The maximum Gasteiger partial charge on any atom is 0.132 e. The summed E-state index contributed by atoms with van der Waals surface area (Å²) in [6.45, 7) is 2.22. The molecule has 1 aliphatic rings. The van der Waals surface area contributed by atoms with E-state index in [0.29, 0.717) is 11.8 Å². The van der Waals surface area contributed by atoms with Crippen molar-refractivity contribution in [2.24, 2.45) is 5.92 Å². The monoisotopic (exact) mass is 183 g/mol. The average Bonchev–Trinajstić information content (AvgIpc) is 2.16. The smallest absolute Gasteiger partial charge is 0.132 e. The van der Waals surface area contributed by atoms with Gasteiger partial charge in [-0.15, -0.1) is 0 Å². The predicted octanol–water partition coefficient (Wildman–Crippen LogP) is 2.13. The van der Waals surface area contributed by atoms with Gasteiger partial charge in [0.05, 0.1) is 0 Å². The fraction of sp³-hybridized carbons (Fsp3) is 0.909. The standard InChI is InChI=1S/C11H21NO/c1-3-4-11(12-2)9-5-7-10(13)8-6-9/h9,11-12H,3-8H2,1-2H3. The van der Waals surface area contributed by atoms with Gasteiger partial charge in [-0.2, -0.15) is 0 Å². The van der Waals surface area contributed by atoms with E-state index in [4.69, 9.17) is 0 Å². The van der Waals surface area contributed by atoms with Crippen molar-refractivity contribution in [1.82, 2.24) is 5.32 Å². The molecule has 76 valence electrons. The summed E-state index contributed by atoms with van der Waals surface area (Å²) in [6.07, 6.45) is 6.30. The van der Waals surface area contributed by atoms with Crippen LogP contribution in [0.15, 0.2) is 0 Å². The van der Waals surface area contributed by atoms with Crippen LogP contribution in [0.1, 0.15) is 45.4 Å². The Hall–Kier alpha value is -0.370. The van der Waals surface area contributed by atoms with Crippen molar-refractivity contribution < 1.29 is 4.79 Å². The Bertz CT molecular complexity index is 157. The number of carbonyl (C=O) groups excluding carboxylic acids is 1. The molecular weight excluding hydrogens is 162 g/mol. The lowest BCUT2D eigenvalue weighted by Gasteiger charge is -2.29. The van der Waals surface area contributed by atoms with Gasteiger partial charge in [-0.05, 0) is 32.2 Å².